The molecule has 0 fully saturated rings. The highest BCUT2D eigenvalue weighted by molar-refractivity contribution is 7.21. The molecule has 0 atom stereocenters. The first-order valence-electron chi connectivity index (χ1n) is 6.25. The molecule has 3 aromatic rings. The first-order valence-corrected chi connectivity index (χ1v) is 7.45. The number of fused-ring (bicyclic) bond motifs is 1. The molecule has 102 valence electrons. The van der Waals surface area contributed by atoms with E-state index in [1.54, 1.807) is 11.3 Å². The second-order valence-electron chi connectivity index (χ2n) is 4.29. The molecule has 0 saturated heterocycles. The van der Waals surface area contributed by atoms with Crippen molar-refractivity contribution in [3.05, 3.63) is 47.5 Å². The lowest BCUT2D eigenvalue weighted by Gasteiger charge is -2.02. The third-order valence-electron chi connectivity index (χ3n) is 2.84. The molecule has 3 rings (SSSR count). The molecule has 2 aromatic carbocycles. The van der Waals surface area contributed by atoms with Crippen molar-refractivity contribution in [3.63, 3.8) is 0 Å². The molecule has 0 saturated carbocycles. The Hall–Kier alpha value is -1.62. The molecule has 0 aliphatic heterocycles. The van der Waals surface area contributed by atoms with Gasteiger partial charge in [0.1, 0.15) is 17.4 Å². The maximum Gasteiger partial charge on any atom is 0.124 e. The molecular weight excluding hydrogens is 292 g/mol. The van der Waals surface area contributed by atoms with E-state index in [9.17, 15) is 0 Å². The lowest BCUT2D eigenvalue weighted by Crippen LogP contribution is -2.10. The molecule has 0 spiro atoms. The van der Waals surface area contributed by atoms with Crippen LogP contribution in [0.2, 0.25) is 5.02 Å². The van der Waals surface area contributed by atoms with Gasteiger partial charge in [-0.1, -0.05) is 23.7 Å². The topological polar surface area (TPSA) is 48.1 Å². The monoisotopic (exact) mass is 304 g/mol. The maximum absolute atomic E-state index is 5.90. The molecule has 0 bridgehead atoms. The third kappa shape index (κ3) is 2.77. The highest BCUT2D eigenvalue weighted by Crippen LogP contribution is 2.32. The number of rotatable bonds is 4. The lowest BCUT2D eigenvalue weighted by atomic mass is 10.2. The summed E-state index contributed by atoms with van der Waals surface area (Å²) in [6.45, 7) is 1.03. The molecule has 0 unspecified atom stereocenters. The van der Waals surface area contributed by atoms with Crippen molar-refractivity contribution in [2.24, 2.45) is 5.73 Å². The number of hydrogen-bond donors (Lipinski definition) is 1. The van der Waals surface area contributed by atoms with Gasteiger partial charge in [-0.25, -0.2) is 4.98 Å². The minimum atomic E-state index is 0.511. The van der Waals surface area contributed by atoms with Gasteiger partial charge in [-0.3, -0.25) is 0 Å². The van der Waals surface area contributed by atoms with Crippen LogP contribution in [0.25, 0.3) is 20.8 Å². The second-order valence-corrected chi connectivity index (χ2v) is 5.76. The van der Waals surface area contributed by atoms with Crippen LogP contribution in [0, 0.1) is 0 Å². The highest BCUT2D eigenvalue weighted by atomic mass is 35.5. The van der Waals surface area contributed by atoms with Gasteiger partial charge in [-0.15, -0.1) is 11.3 Å². The molecule has 0 amide bonds. The summed E-state index contributed by atoms with van der Waals surface area (Å²) < 4.78 is 6.63. The Morgan fingerprint density at radius 3 is 2.70 bits per heavy atom. The van der Waals surface area contributed by atoms with Gasteiger partial charge in [0.05, 0.1) is 10.2 Å². The van der Waals surface area contributed by atoms with E-state index in [0.717, 1.165) is 31.6 Å². The van der Waals surface area contributed by atoms with Crippen molar-refractivity contribution < 1.29 is 4.74 Å². The molecule has 5 heteroatoms. The van der Waals surface area contributed by atoms with Crippen LogP contribution in [-0.4, -0.2) is 18.1 Å². The fourth-order valence-corrected chi connectivity index (χ4v) is 3.01. The predicted octanol–water partition coefficient (Wildman–Crippen LogP) is 3.95. The second kappa shape index (κ2) is 5.79. The summed E-state index contributed by atoms with van der Waals surface area (Å²) >= 11 is 7.54. The number of aromatic nitrogens is 1. The Balaban J connectivity index is 1.95. The summed E-state index contributed by atoms with van der Waals surface area (Å²) in [4.78, 5) is 4.63. The highest BCUT2D eigenvalue weighted by Gasteiger charge is 2.07. The third-order valence-corrected chi connectivity index (χ3v) is 4.16. The first kappa shape index (κ1) is 13.4. The maximum atomic E-state index is 5.90. The zero-order valence-corrected chi connectivity index (χ0v) is 12.2. The molecule has 0 aliphatic carbocycles. The van der Waals surface area contributed by atoms with E-state index >= 15 is 0 Å². The average molecular weight is 305 g/mol. The van der Waals surface area contributed by atoms with Crippen LogP contribution in [0.1, 0.15) is 0 Å². The quantitative estimate of drug-likeness (QED) is 0.794. The van der Waals surface area contributed by atoms with E-state index in [4.69, 9.17) is 22.1 Å². The number of benzene rings is 2. The summed E-state index contributed by atoms with van der Waals surface area (Å²) in [6.07, 6.45) is 0. The molecule has 20 heavy (non-hydrogen) atoms. The summed E-state index contributed by atoms with van der Waals surface area (Å²) in [5, 5.41) is 1.71. The van der Waals surface area contributed by atoms with Crippen LogP contribution >= 0.6 is 22.9 Å². The number of ether oxygens (including phenoxy) is 1. The smallest absolute Gasteiger partial charge is 0.124 e. The zero-order chi connectivity index (χ0) is 13.9. The van der Waals surface area contributed by atoms with Crippen molar-refractivity contribution in [2.45, 2.75) is 0 Å². The standard InChI is InChI=1S/C15H13ClN2OS/c16-11-3-1-10(2-4-11)15-18-13-6-5-12(19-8-7-17)9-14(13)20-15/h1-6,9H,7-8,17H2. The van der Waals surface area contributed by atoms with Crippen molar-refractivity contribution in [3.8, 4) is 16.3 Å². The van der Waals surface area contributed by atoms with Gasteiger partial charge in [0.15, 0.2) is 0 Å². The Labute approximate surface area is 126 Å². The lowest BCUT2D eigenvalue weighted by molar-refractivity contribution is 0.329. The number of hydrogen-bond acceptors (Lipinski definition) is 4. The first-order chi connectivity index (χ1) is 9.76. The zero-order valence-electron chi connectivity index (χ0n) is 10.7. The Morgan fingerprint density at radius 1 is 1.15 bits per heavy atom. The molecular formula is C15H13ClN2OS. The average Bonchev–Trinajstić information content (AvgIpc) is 2.89. The fraction of sp³-hybridized carbons (Fsp3) is 0.133. The van der Waals surface area contributed by atoms with Gasteiger partial charge in [0.25, 0.3) is 0 Å². The minimum Gasteiger partial charge on any atom is -0.492 e. The molecule has 1 heterocycles. The van der Waals surface area contributed by atoms with Crippen LogP contribution in [-0.2, 0) is 0 Å². The van der Waals surface area contributed by atoms with Gasteiger partial charge in [0, 0.05) is 17.1 Å². The number of halogens is 1. The van der Waals surface area contributed by atoms with Gasteiger partial charge in [-0.05, 0) is 30.3 Å². The van der Waals surface area contributed by atoms with Gasteiger partial charge >= 0.3 is 0 Å². The summed E-state index contributed by atoms with van der Waals surface area (Å²) in [5.74, 6) is 0.828. The summed E-state index contributed by atoms with van der Waals surface area (Å²) in [5.41, 5.74) is 7.48. The van der Waals surface area contributed by atoms with Gasteiger partial charge < -0.3 is 10.5 Å². The minimum absolute atomic E-state index is 0.511. The summed E-state index contributed by atoms with van der Waals surface area (Å²) in [6, 6.07) is 13.6. The van der Waals surface area contributed by atoms with Crippen LogP contribution < -0.4 is 10.5 Å². The van der Waals surface area contributed by atoms with E-state index in [2.05, 4.69) is 4.98 Å². The van der Waals surface area contributed by atoms with Crippen molar-refractivity contribution in [1.82, 2.24) is 4.98 Å². The Bertz CT molecular complexity index is 724. The molecule has 2 N–H and O–H groups in total. The molecule has 0 aliphatic rings. The van der Waals surface area contributed by atoms with Crippen LogP contribution in [0.4, 0.5) is 0 Å². The van der Waals surface area contributed by atoms with E-state index in [1.807, 2.05) is 42.5 Å². The molecule has 0 radical (unpaired) electrons. The Morgan fingerprint density at radius 2 is 1.95 bits per heavy atom. The van der Waals surface area contributed by atoms with Crippen molar-refractivity contribution in [1.29, 1.82) is 0 Å². The van der Waals surface area contributed by atoms with E-state index in [0.29, 0.717) is 13.2 Å². The van der Waals surface area contributed by atoms with Crippen LogP contribution in [0.5, 0.6) is 5.75 Å². The summed E-state index contributed by atoms with van der Waals surface area (Å²) in [7, 11) is 0. The van der Waals surface area contributed by atoms with Crippen LogP contribution in [0.15, 0.2) is 42.5 Å². The van der Waals surface area contributed by atoms with E-state index < -0.39 is 0 Å². The molecule has 3 nitrogen and oxygen atoms in total. The van der Waals surface area contributed by atoms with Gasteiger partial charge in [0.2, 0.25) is 0 Å². The molecule has 1 aromatic heterocycles. The predicted molar refractivity (Wildman–Crippen MR) is 84.6 cm³/mol. The van der Waals surface area contributed by atoms with Crippen LogP contribution in [0.3, 0.4) is 0 Å². The normalized spacial score (nSPS) is 10.9. The number of nitrogens with two attached hydrogens (primary N) is 1. The van der Waals surface area contributed by atoms with E-state index in [-0.39, 0.29) is 0 Å². The fourth-order valence-electron chi connectivity index (χ4n) is 1.89. The SMILES string of the molecule is NCCOc1ccc2nc(-c3ccc(Cl)cc3)sc2c1. The van der Waals surface area contributed by atoms with E-state index in [1.165, 1.54) is 0 Å². The van der Waals surface area contributed by atoms with Gasteiger partial charge in [-0.2, -0.15) is 0 Å². The largest absolute Gasteiger partial charge is 0.492 e. The number of nitrogens with zero attached hydrogens (tertiary/aromatic N) is 1. The van der Waals surface area contributed by atoms with Crippen molar-refractivity contribution >= 4 is 33.2 Å². The number of thiazole rings is 1. The van der Waals surface area contributed by atoms with Crippen molar-refractivity contribution in [2.75, 3.05) is 13.2 Å². The Kier molecular flexibility index (Phi) is 3.87.